The molecule has 0 radical (unpaired) electrons. The van der Waals surface area contributed by atoms with E-state index in [1.807, 2.05) is 6.92 Å². The molecule has 1 rings (SSSR count). The minimum atomic E-state index is -2.31. The summed E-state index contributed by atoms with van der Waals surface area (Å²) in [6.07, 6.45) is 0.493. The van der Waals surface area contributed by atoms with Crippen LogP contribution in [-0.4, -0.2) is 43.0 Å². The fraction of sp³-hybridized carbons (Fsp3) is 0.909. The molecule has 0 aromatic rings. The summed E-state index contributed by atoms with van der Waals surface area (Å²) in [5.74, 6) is 0. The zero-order valence-electron chi connectivity index (χ0n) is 9.84. The van der Waals surface area contributed by atoms with Crippen LogP contribution in [0.25, 0.3) is 0 Å². The molecule has 0 heterocycles. The maximum atomic E-state index is 12.1. The molecule has 0 amide bonds. The van der Waals surface area contributed by atoms with E-state index in [4.69, 9.17) is 5.26 Å². The van der Waals surface area contributed by atoms with E-state index in [0.717, 1.165) is 12.8 Å². The highest BCUT2D eigenvalue weighted by molar-refractivity contribution is 5.07. The zero-order valence-corrected chi connectivity index (χ0v) is 9.84. The third-order valence-electron chi connectivity index (χ3n) is 2.79. The van der Waals surface area contributed by atoms with Crippen LogP contribution in [0.4, 0.5) is 8.78 Å². The molecule has 16 heavy (non-hydrogen) atoms. The molecule has 0 aromatic carbocycles. The Morgan fingerprint density at radius 1 is 1.56 bits per heavy atom. The summed E-state index contributed by atoms with van der Waals surface area (Å²) in [4.78, 5) is 1.56. The molecule has 1 atom stereocenters. The van der Waals surface area contributed by atoms with Gasteiger partial charge in [0.1, 0.15) is 5.54 Å². The van der Waals surface area contributed by atoms with Gasteiger partial charge in [-0.3, -0.25) is 5.32 Å². The lowest BCUT2D eigenvalue weighted by Crippen LogP contribution is -2.45. The lowest BCUT2D eigenvalue weighted by atomic mass is 9.99. The maximum absolute atomic E-state index is 12.1. The molecule has 1 unspecified atom stereocenters. The predicted molar refractivity (Wildman–Crippen MR) is 58.3 cm³/mol. The summed E-state index contributed by atoms with van der Waals surface area (Å²) in [5.41, 5.74) is -0.586. The van der Waals surface area contributed by atoms with E-state index in [-0.39, 0.29) is 6.54 Å². The molecule has 1 saturated carbocycles. The Bertz CT molecular complexity index is 260. The smallest absolute Gasteiger partial charge is 0.251 e. The number of nitrogens with zero attached hydrogens (tertiary/aromatic N) is 2. The van der Waals surface area contributed by atoms with Gasteiger partial charge in [-0.05, 0) is 33.2 Å². The van der Waals surface area contributed by atoms with Crippen molar-refractivity contribution in [1.82, 2.24) is 10.2 Å². The van der Waals surface area contributed by atoms with E-state index >= 15 is 0 Å². The quantitative estimate of drug-likeness (QED) is 0.723. The normalized spacial score (nSPS) is 19.8. The molecule has 0 aliphatic heterocycles. The van der Waals surface area contributed by atoms with E-state index in [0.29, 0.717) is 19.0 Å². The summed E-state index contributed by atoms with van der Waals surface area (Å²) in [6.45, 7) is 2.11. The van der Waals surface area contributed by atoms with Crippen molar-refractivity contribution in [2.75, 3.05) is 20.1 Å². The SMILES string of the molecule is CN(CCC(C)(C#N)NC1CC1)CC(F)F. The van der Waals surface area contributed by atoms with Crippen molar-refractivity contribution in [2.45, 2.75) is 44.2 Å². The largest absolute Gasteiger partial charge is 0.301 e. The lowest BCUT2D eigenvalue weighted by molar-refractivity contribution is 0.0972. The van der Waals surface area contributed by atoms with Crippen LogP contribution < -0.4 is 5.32 Å². The molecule has 3 nitrogen and oxygen atoms in total. The molecule has 1 aliphatic rings. The summed E-state index contributed by atoms with van der Waals surface area (Å²) < 4.78 is 24.2. The molecule has 0 spiro atoms. The van der Waals surface area contributed by atoms with E-state index in [9.17, 15) is 8.78 Å². The van der Waals surface area contributed by atoms with Crippen molar-refractivity contribution in [3.8, 4) is 6.07 Å². The van der Waals surface area contributed by atoms with Gasteiger partial charge < -0.3 is 4.90 Å². The van der Waals surface area contributed by atoms with Crippen molar-refractivity contribution in [1.29, 1.82) is 5.26 Å². The van der Waals surface area contributed by atoms with E-state index in [2.05, 4.69) is 11.4 Å². The van der Waals surface area contributed by atoms with E-state index in [1.54, 1.807) is 11.9 Å². The number of hydrogen-bond acceptors (Lipinski definition) is 3. The van der Waals surface area contributed by atoms with Crippen LogP contribution in [0.2, 0.25) is 0 Å². The van der Waals surface area contributed by atoms with Crippen molar-refractivity contribution < 1.29 is 8.78 Å². The van der Waals surface area contributed by atoms with Crippen molar-refractivity contribution in [3.05, 3.63) is 0 Å². The highest BCUT2D eigenvalue weighted by atomic mass is 19.3. The first-order valence-electron chi connectivity index (χ1n) is 5.61. The second-order valence-corrected chi connectivity index (χ2v) is 4.77. The first kappa shape index (κ1) is 13.3. The van der Waals surface area contributed by atoms with Crippen LogP contribution >= 0.6 is 0 Å². The number of nitrogens with one attached hydrogen (secondary N) is 1. The average molecular weight is 231 g/mol. The fourth-order valence-electron chi connectivity index (χ4n) is 1.58. The van der Waals surface area contributed by atoms with Crippen LogP contribution in [0, 0.1) is 11.3 Å². The van der Waals surface area contributed by atoms with E-state index < -0.39 is 12.0 Å². The van der Waals surface area contributed by atoms with Gasteiger partial charge in [0, 0.05) is 12.6 Å². The number of alkyl halides is 2. The third kappa shape index (κ3) is 4.86. The maximum Gasteiger partial charge on any atom is 0.251 e. The van der Waals surface area contributed by atoms with Crippen LogP contribution in [-0.2, 0) is 0 Å². The molecule has 92 valence electrons. The molecular formula is C11H19F2N3. The minimum Gasteiger partial charge on any atom is -0.301 e. The second-order valence-electron chi connectivity index (χ2n) is 4.77. The minimum absolute atomic E-state index is 0.231. The highest BCUT2D eigenvalue weighted by Gasteiger charge is 2.32. The van der Waals surface area contributed by atoms with Crippen LogP contribution in [0.5, 0.6) is 0 Å². The Kier molecular flexibility index (Phi) is 4.63. The summed E-state index contributed by atoms with van der Waals surface area (Å²) >= 11 is 0. The standard InChI is InChI=1S/C11H19F2N3/c1-11(8-14,15-9-3-4-9)5-6-16(2)7-10(12)13/h9-10,15H,3-7H2,1-2H3. The lowest BCUT2D eigenvalue weighted by Gasteiger charge is -2.26. The fourth-order valence-corrected chi connectivity index (χ4v) is 1.58. The molecule has 1 fully saturated rings. The van der Waals surface area contributed by atoms with E-state index in [1.165, 1.54) is 0 Å². The molecule has 1 aliphatic carbocycles. The third-order valence-corrected chi connectivity index (χ3v) is 2.79. The number of rotatable bonds is 7. The summed E-state index contributed by atoms with van der Waals surface area (Å²) in [6, 6.07) is 2.68. The number of halogens is 2. The monoisotopic (exact) mass is 231 g/mol. The zero-order chi connectivity index (χ0) is 12.2. The van der Waals surface area contributed by atoms with Crippen molar-refractivity contribution >= 4 is 0 Å². The Balaban J connectivity index is 2.29. The van der Waals surface area contributed by atoms with Crippen LogP contribution in [0.1, 0.15) is 26.2 Å². The molecule has 1 N–H and O–H groups in total. The van der Waals surface area contributed by atoms with Crippen LogP contribution in [0.15, 0.2) is 0 Å². The Hall–Kier alpha value is -0.730. The van der Waals surface area contributed by atoms with Gasteiger partial charge in [-0.2, -0.15) is 5.26 Å². The van der Waals surface area contributed by atoms with Crippen molar-refractivity contribution in [2.24, 2.45) is 0 Å². The first-order valence-corrected chi connectivity index (χ1v) is 5.61. The van der Waals surface area contributed by atoms with Gasteiger partial charge in [0.05, 0.1) is 12.6 Å². The first-order chi connectivity index (χ1) is 7.45. The molecule has 0 bridgehead atoms. The van der Waals surface area contributed by atoms with Gasteiger partial charge in [-0.15, -0.1) is 0 Å². The Morgan fingerprint density at radius 3 is 2.62 bits per heavy atom. The second kappa shape index (κ2) is 5.55. The summed E-state index contributed by atoms with van der Waals surface area (Å²) in [5, 5.41) is 12.3. The molecule has 0 aromatic heterocycles. The molecule has 0 saturated heterocycles. The van der Waals surface area contributed by atoms with Gasteiger partial charge in [0.2, 0.25) is 0 Å². The number of hydrogen-bond donors (Lipinski definition) is 1. The topological polar surface area (TPSA) is 39.1 Å². The van der Waals surface area contributed by atoms with Gasteiger partial charge in [-0.1, -0.05) is 0 Å². The van der Waals surface area contributed by atoms with Gasteiger partial charge in [0.15, 0.2) is 0 Å². The van der Waals surface area contributed by atoms with Gasteiger partial charge in [-0.25, -0.2) is 8.78 Å². The molecule has 5 heteroatoms. The summed E-state index contributed by atoms with van der Waals surface area (Å²) in [7, 11) is 1.65. The highest BCUT2D eigenvalue weighted by Crippen LogP contribution is 2.23. The van der Waals surface area contributed by atoms with Gasteiger partial charge >= 0.3 is 0 Å². The molecular weight excluding hydrogens is 212 g/mol. The van der Waals surface area contributed by atoms with Crippen LogP contribution in [0.3, 0.4) is 0 Å². The van der Waals surface area contributed by atoms with Crippen molar-refractivity contribution in [3.63, 3.8) is 0 Å². The predicted octanol–water partition coefficient (Wildman–Crippen LogP) is 1.61. The number of nitriles is 1. The Labute approximate surface area is 95.4 Å². The average Bonchev–Trinajstić information content (AvgIpc) is 2.98. The van der Waals surface area contributed by atoms with Gasteiger partial charge in [0.25, 0.3) is 6.43 Å². The Morgan fingerprint density at radius 2 is 2.19 bits per heavy atom.